The van der Waals surface area contributed by atoms with E-state index in [1.165, 1.54) is 11.1 Å². The van der Waals surface area contributed by atoms with E-state index in [-0.39, 0.29) is 17.7 Å². The van der Waals surface area contributed by atoms with Crippen molar-refractivity contribution < 1.29 is 19.0 Å². The van der Waals surface area contributed by atoms with Crippen LogP contribution in [-0.2, 0) is 4.79 Å². The number of nitrogens with zero attached hydrogens (tertiary/aromatic N) is 2. The second-order valence-corrected chi connectivity index (χ2v) is 9.61. The Bertz CT molecular complexity index is 1530. The highest BCUT2D eigenvalue weighted by atomic mass is 16.5. The van der Waals surface area contributed by atoms with Gasteiger partial charge in [0.25, 0.3) is 0 Å². The van der Waals surface area contributed by atoms with Gasteiger partial charge in [-0.25, -0.2) is 4.98 Å². The van der Waals surface area contributed by atoms with E-state index >= 15 is 0 Å². The zero-order valence-corrected chi connectivity index (χ0v) is 21.4. The van der Waals surface area contributed by atoms with Crippen molar-refractivity contribution in [3.05, 3.63) is 88.6 Å². The Labute approximate surface area is 215 Å². The number of anilines is 1. The molecule has 2 aliphatic rings. The zero-order valence-electron chi connectivity index (χ0n) is 21.4. The van der Waals surface area contributed by atoms with E-state index in [0.29, 0.717) is 23.7 Å². The van der Waals surface area contributed by atoms with E-state index in [1.54, 1.807) is 21.3 Å². The standard InChI is InChI=1S/C30H29N3O4/c1-17-9-11-18(12-10-17)19-13-22-27(24(34)14-19)28(20-15-25(35-2)29(37-4)26(16-20)36-3)33-23-8-6-5-7-21(23)31-30(33)32-22/h5-12,15-16,19,28H,13-14H2,1-4H3,(H,31,32). The Kier molecular flexibility index (Phi) is 5.63. The predicted octanol–water partition coefficient (Wildman–Crippen LogP) is 5.79. The first kappa shape index (κ1) is 23.2. The van der Waals surface area contributed by atoms with Crippen molar-refractivity contribution in [2.75, 3.05) is 26.6 Å². The van der Waals surface area contributed by atoms with Gasteiger partial charge >= 0.3 is 0 Å². The Balaban J connectivity index is 1.55. The molecule has 0 fully saturated rings. The van der Waals surface area contributed by atoms with Crippen LogP contribution in [0.25, 0.3) is 11.0 Å². The maximum absolute atomic E-state index is 13.9. The largest absolute Gasteiger partial charge is 0.493 e. The lowest BCUT2D eigenvalue weighted by Gasteiger charge is -2.36. The van der Waals surface area contributed by atoms with Gasteiger partial charge in [-0.1, -0.05) is 42.0 Å². The second-order valence-electron chi connectivity index (χ2n) is 9.61. The van der Waals surface area contributed by atoms with E-state index in [4.69, 9.17) is 19.2 Å². The fourth-order valence-corrected chi connectivity index (χ4v) is 5.67. The van der Waals surface area contributed by atoms with Crippen LogP contribution in [0, 0.1) is 6.92 Å². The van der Waals surface area contributed by atoms with Gasteiger partial charge in [0.15, 0.2) is 17.3 Å². The Hall–Kier alpha value is -4.26. The van der Waals surface area contributed by atoms with Gasteiger partial charge < -0.3 is 19.5 Å². The van der Waals surface area contributed by atoms with Crippen LogP contribution in [0.5, 0.6) is 17.2 Å². The summed E-state index contributed by atoms with van der Waals surface area (Å²) in [5.41, 5.74) is 6.74. The van der Waals surface area contributed by atoms with Gasteiger partial charge in [-0.05, 0) is 54.7 Å². The summed E-state index contributed by atoms with van der Waals surface area (Å²) in [7, 11) is 4.79. The number of para-hydroxylation sites is 2. The van der Waals surface area contributed by atoms with E-state index < -0.39 is 0 Å². The highest BCUT2D eigenvalue weighted by Crippen LogP contribution is 2.48. The molecule has 1 aliphatic carbocycles. The van der Waals surface area contributed by atoms with Crippen molar-refractivity contribution in [3.8, 4) is 17.2 Å². The maximum atomic E-state index is 13.9. The van der Waals surface area contributed by atoms with Gasteiger partial charge in [0.2, 0.25) is 11.7 Å². The van der Waals surface area contributed by atoms with Gasteiger partial charge in [0.05, 0.1) is 38.4 Å². The fourth-order valence-electron chi connectivity index (χ4n) is 5.67. The minimum atomic E-state index is -0.390. The first-order valence-electron chi connectivity index (χ1n) is 12.4. The third-order valence-electron chi connectivity index (χ3n) is 7.45. The number of ketones is 1. The molecule has 2 atom stereocenters. The van der Waals surface area contributed by atoms with Crippen molar-refractivity contribution in [2.45, 2.75) is 31.7 Å². The molecular formula is C30H29N3O4. The minimum Gasteiger partial charge on any atom is -0.493 e. The van der Waals surface area contributed by atoms with Crippen LogP contribution < -0.4 is 19.5 Å². The fraction of sp³-hybridized carbons (Fsp3) is 0.267. The summed E-state index contributed by atoms with van der Waals surface area (Å²) in [5.74, 6) is 2.56. The average molecular weight is 496 g/mol. The van der Waals surface area contributed by atoms with Crippen LogP contribution >= 0.6 is 0 Å². The number of hydrogen-bond acceptors (Lipinski definition) is 6. The smallest absolute Gasteiger partial charge is 0.209 e. The quantitative estimate of drug-likeness (QED) is 0.378. The van der Waals surface area contributed by atoms with Crippen molar-refractivity contribution in [1.29, 1.82) is 0 Å². The highest BCUT2D eigenvalue weighted by molar-refractivity contribution is 6.01. The number of Topliss-reactive ketones (excluding diaryl/α,β-unsaturated/α-hetero) is 1. The number of aryl methyl sites for hydroxylation is 1. The Morgan fingerprint density at radius 2 is 1.59 bits per heavy atom. The number of carbonyl (C=O) groups excluding carboxylic acids is 1. The molecule has 0 amide bonds. The first-order valence-corrected chi connectivity index (χ1v) is 12.4. The summed E-state index contributed by atoms with van der Waals surface area (Å²) in [6.07, 6.45) is 1.18. The van der Waals surface area contributed by atoms with E-state index in [1.807, 2.05) is 36.4 Å². The van der Waals surface area contributed by atoms with Gasteiger partial charge in [-0.2, -0.15) is 0 Å². The van der Waals surface area contributed by atoms with Gasteiger partial charge in [-0.3, -0.25) is 9.36 Å². The summed E-state index contributed by atoms with van der Waals surface area (Å²) in [6, 6.07) is 19.9. The summed E-state index contributed by atoms with van der Waals surface area (Å²) in [4.78, 5) is 18.8. The molecule has 4 aromatic rings. The second kappa shape index (κ2) is 9.00. The molecular weight excluding hydrogens is 466 g/mol. The lowest BCUT2D eigenvalue weighted by molar-refractivity contribution is -0.116. The lowest BCUT2D eigenvalue weighted by Crippen LogP contribution is -2.33. The molecule has 1 aliphatic heterocycles. The molecule has 1 N–H and O–H groups in total. The SMILES string of the molecule is COc1cc(C2C3=C(CC(c4ccc(C)cc4)CC3=O)Nc3nc4ccccc4n32)cc(OC)c1OC. The zero-order chi connectivity index (χ0) is 25.7. The normalized spacial score (nSPS) is 18.8. The van der Waals surface area contributed by atoms with Gasteiger partial charge in [0.1, 0.15) is 0 Å². The molecule has 0 bridgehead atoms. The third-order valence-corrected chi connectivity index (χ3v) is 7.45. The maximum Gasteiger partial charge on any atom is 0.209 e. The van der Waals surface area contributed by atoms with Crippen molar-refractivity contribution >= 4 is 22.8 Å². The highest BCUT2D eigenvalue weighted by Gasteiger charge is 2.40. The number of aromatic nitrogens is 2. The Morgan fingerprint density at radius 3 is 2.27 bits per heavy atom. The van der Waals surface area contributed by atoms with Crippen LogP contribution in [0.4, 0.5) is 5.95 Å². The molecule has 1 aromatic heterocycles. The van der Waals surface area contributed by atoms with Crippen molar-refractivity contribution in [2.24, 2.45) is 0 Å². The number of benzene rings is 3. The molecule has 6 rings (SSSR count). The van der Waals surface area contributed by atoms with Crippen LogP contribution in [0.2, 0.25) is 0 Å². The number of nitrogens with one attached hydrogen (secondary N) is 1. The van der Waals surface area contributed by atoms with Crippen LogP contribution in [0.15, 0.2) is 71.9 Å². The van der Waals surface area contributed by atoms with Crippen LogP contribution in [0.1, 0.15) is 41.5 Å². The molecule has 7 nitrogen and oxygen atoms in total. The molecule has 37 heavy (non-hydrogen) atoms. The van der Waals surface area contributed by atoms with E-state index in [0.717, 1.165) is 40.2 Å². The average Bonchev–Trinajstić information content (AvgIpc) is 3.29. The molecule has 0 saturated carbocycles. The topological polar surface area (TPSA) is 74.6 Å². The Morgan fingerprint density at radius 1 is 0.892 bits per heavy atom. The van der Waals surface area contributed by atoms with Crippen LogP contribution in [-0.4, -0.2) is 36.7 Å². The molecule has 7 heteroatoms. The molecule has 0 saturated heterocycles. The molecule has 2 heterocycles. The summed E-state index contributed by atoms with van der Waals surface area (Å²) in [6.45, 7) is 2.08. The molecule has 3 aromatic carbocycles. The van der Waals surface area contributed by atoms with Gasteiger partial charge in [-0.15, -0.1) is 0 Å². The molecule has 188 valence electrons. The third kappa shape index (κ3) is 3.73. The molecule has 0 spiro atoms. The number of hydrogen-bond donors (Lipinski definition) is 1. The summed E-state index contributed by atoms with van der Waals surface area (Å²) >= 11 is 0. The predicted molar refractivity (Wildman–Crippen MR) is 143 cm³/mol. The number of ether oxygens (including phenoxy) is 3. The van der Waals surface area contributed by atoms with Gasteiger partial charge in [0, 0.05) is 17.7 Å². The van der Waals surface area contributed by atoms with E-state index in [9.17, 15) is 4.79 Å². The first-order chi connectivity index (χ1) is 18.0. The van der Waals surface area contributed by atoms with Crippen molar-refractivity contribution in [1.82, 2.24) is 9.55 Å². The van der Waals surface area contributed by atoms with Crippen LogP contribution in [0.3, 0.4) is 0 Å². The minimum absolute atomic E-state index is 0.107. The number of imidazole rings is 1. The van der Waals surface area contributed by atoms with E-state index in [2.05, 4.69) is 41.1 Å². The number of allylic oxidation sites excluding steroid dienone is 2. The summed E-state index contributed by atoms with van der Waals surface area (Å²) in [5, 5.41) is 3.53. The van der Waals surface area contributed by atoms with Crippen molar-refractivity contribution in [3.63, 3.8) is 0 Å². The number of fused-ring (bicyclic) bond motifs is 3. The lowest BCUT2D eigenvalue weighted by atomic mass is 9.77. The summed E-state index contributed by atoms with van der Waals surface area (Å²) < 4.78 is 19.0. The number of methoxy groups -OCH3 is 3. The number of carbonyl (C=O) groups is 1. The molecule has 2 unspecified atom stereocenters. The molecule has 0 radical (unpaired) electrons. The number of rotatable bonds is 5. The monoisotopic (exact) mass is 495 g/mol.